The van der Waals surface area contributed by atoms with Gasteiger partial charge in [0.1, 0.15) is 5.69 Å². The lowest BCUT2D eigenvalue weighted by Crippen LogP contribution is -1.91. The molecule has 0 unspecified atom stereocenters. The van der Waals surface area contributed by atoms with Crippen molar-refractivity contribution in [1.82, 2.24) is 10.2 Å². The Balaban J connectivity index is 2.78. The fourth-order valence-electron chi connectivity index (χ4n) is 0.626. The average molecular weight is 180 g/mol. The van der Waals surface area contributed by atoms with E-state index in [-0.39, 0.29) is 0 Å². The zero-order valence-corrected chi connectivity index (χ0v) is 7.51. The second-order valence-corrected chi connectivity index (χ2v) is 2.24. The molecular formula is C8H8N2OS. The van der Waals surface area contributed by atoms with Gasteiger partial charge in [-0.05, 0) is 12.0 Å². The number of nitrogens with zero attached hydrogens (tertiary/aromatic N) is 2. The summed E-state index contributed by atoms with van der Waals surface area (Å²) in [5, 5.41) is 7.55. The van der Waals surface area contributed by atoms with Crippen molar-refractivity contribution in [3.05, 3.63) is 17.8 Å². The monoisotopic (exact) mass is 180 g/mol. The highest BCUT2D eigenvalue weighted by Gasteiger charge is 1.91. The Morgan fingerprint density at radius 2 is 2.33 bits per heavy atom. The topological polar surface area (TPSA) is 35.0 Å². The number of methoxy groups -OCH3 is 1. The predicted molar refractivity (Wildman–Crippen MR) is 49.3 cm³/mol. The molecule has 0 aliphatic rings. The molecule has 4 heteroatoms. The predicted octanol–water partition coefficient (Wildman–Crippen LogP) is 0.766. The van der Waals surface area contributed by atoms with Gasteiger partial charge in [0, 0.05) is 6.07 Å². The number of aromatic nitrogens is 2. The van der Waals surface area contributed by atoms with Crippen LogP contribution in [0.5, 0.6) is 5.88 Å². The minimum absolute atomic E-state index is 0.492. The number of rotatable bonds is 1. The van der Waals surface area contributed by atoms with Crippen LogP contribution in [0.4, 0.5) is 0 Å². The van der Waals surface area contributed by atoms with Crippen LogP contribution in [-0.2, 0) is 0 Å². The van der Waals surface area contributed by atoms with Crippen molar-refractivity contribution < 1.29 is 4.74 Å². The maximum Gasteiger partial charge on any atom is 0.233 e. The normalized spacial score (nSPS) is 8.50. The van der Waals surface area contributed by atoms with Crippen molar-refractivity contribution >= 4 is 12.6 Å². The summed E-state index contributed by atoms with van der Waals surface area (Å²) in [6.45, 7) is 0. The van der Waals surface area contributed by atoms with Gasteiger partial charge in [-0.25, -0.2) is 0 Å². The molecule has 0 aromatic carbocycles. The first-order valence-electron chi connectivity index (χ1n) is 3.34. The number of ether oxygens (including phenoxy) is 1. The van der Waals surface area contributed by atoms with Gasteiger partial charge in [0.15, 0.2) is 0 Å². The second kappa shape index (κ2) is 4.62. The molecule has 0 radical (unpaired) electrons. The van der Waals surface area contributed by atoms with E-state index in [1.54, 1.807) is 19.2 Å². The summed E-state index contributed by atoms with van der Waals surface area (Å²) in [6.07, 6.45) is 0. The van der Waals surface area contributed by atoms with E-state index in [9.17, 15) is 0 Å². The molecule has 0 spiro atoms. The van der Waals surface area contributed by atoms with Gasteiger partial charge in [-0.3, -0.25) is 0 Å². The van der Waals surface area contributed by atoms with Gasteiger partial charge in [0.05, 0.1) is 12.9 Å². The van der Waals surface area contributed by atoms with Gasteiger partial charge in [-0.1, -0.05) is 5.92 Å². The smallest absolute Gasteiger partial charge is 0.233 e. The van der Waals surface area contributed by atoms with Gasteiger partial charge >= 0.3 is 0 Å². The van der Waals surface area contributed by atoms with Crippen molar-refractivity contribution in [3.63, 3.8) is 0 Å². The molecule has 12 heavy (non-hydrogen) atoms. The van der Waals surface area contributed by atoms with Crippen molar-refractivity contribution in [2.75, 3.05) is 12.9 Å². The van der Waals surface area contributed by atoms with Crippen molar-refractivity contribution in [3.8, 4) is 17.7 Å². The Hall–Kier alpha value is -1.21. The lowest BCUT2D eigenvalue weighted by Gasteiger charge is -1.94. The molecule has 1 heterocycles. The van der Waals surface area contributed by atoms with Gasteiger partial charge in [0.25, 0.3) is 0 Å². The van der Waals surface area contributed by atoms with Crippen molar-refractivity contribution in [2.45, 2.75) is 0 Å². The lowest BCUT2D eigenvalue weighted by molar-refractivity contribution is 0.391. The first kappa shape index (κ1) is 8.88. The Labute approximate surface area is 76.6 Å². The zero-order valence-electron chi connectivity index (χ0n) is 6.61. The van der Waals surface area contributed by atoms with Crippen LogP contribution in [0.2, 0.25) is 0 Å². The van der Waals surface area contributed by atoms with Crippen LogP contribution in [0, 0.1) is 11.8 Å². The Bertz CT molecular complexity index is 299. The van der Waals surface area contributed by atoms with Crippen LogP contribution in [0.3, 0.4) is 0 Å². The zero-order chi connectivity index (χ0) is 8.81. The average Bonchev–Trinajstić information content (AvgIpc) is 2.15. The summed E-state index contributed by atoms with van der Waals surface area (Å²) in [4.78, 5) is 0. The maximum absolute atomic E-state index is 4.84. The highest BCUT2D eigenvalue weighted by atomic mass is 32.1. The van der Waals surface area contributed by atoms with E-state index in [1.165, 1.54) is 0 Å². The minimum Gasteiger partial charge on any atom is -0.480 e. The van der Waals surface area contributed by atoms with E-state index >= 15 is 0 Å². The Morgan fingerprint density at radius 1 is 1.50 bits per heavy atom. The summed E-state index contributed by atoms with van der Waals surface area (Å²) in [6, 6.07) is 3.47. The molecule has 3 nitrogen and oxygen atoms in total. The summed E-state index contributed by atoms with van der Waals surface area (Å²) in [5.41, 5.74) is 0.629. The van der Waals surface area contributed by atoms with E-state index in [0.717, 1.165) is 0 Å². The minimum atomic E-state index is 0.492. The Kier molecular flexibility index (Phi) is 3.42. The molecule has 0 fully saturated rings. The van der Waals surface area contributed by atoms with Crippen LogP contribution in [0.1, 0.15) is 5.69 Å². The fourth-order valence-corrected chi connectivity index (χ4v) is 0.705. The van der Waals surface area contributed by atoms with Gasteiger partial charge < -0.3 is 4.74 Å². The molecular weight excluding hydrogens is 172 g/mol. The van der Waals surface area contributed by atoms with Gasteiger partial charge in [-0.15, -0.1) is 10.2 Å². The molecule has 0 aliphatic carbocycles. The second-order valence-electron chi connectivity index (χ2n) is 1.92. The molecule has 1 aromatic heterocycles. The number of thiol groups is 1. The Morgan fingerprint density at radius 3 is 2.83 bits per heavy atom. The summed E-state index contributed by atoms with van der Waals surface area (Å²) in [5.74, 6) is 6.58. The summed E-state index contributed by atoms with van der Waals surface area (Å²) < 4.78 is 4.84. The van der Waals surface area contributed by atoms with Crippen LogP contribution in [0.25, 0.3) is 0 Å². The SMILES string of the molecule is COc1ccc(C#CCS)nn1. The van der Waals surface area contributed by atoms with E-state index in [4.69, 9.17) is 4.74 Å². The molecule has 0 bridgehead atoms. The largest absolute Gasteiger partial charge is 0.480 e. The van der Waals surface area contributed by atoms with Crippen LogP contribution >= 0.6 is 12.6 Å². The quantitative estimate of drug-likeness (QED) is 0.512. The van der Waals surface area contributed by atoms with Gasteiger partial charge in [-0.2, -0.15) is 12.6 Å². The molecule has 0 amide bonds. The first-order chi connectivity index (χ1) is 5.86. The molecule has 1 aromatic rings. The maximum atomic E-state index is 4.84. The number of hydrogen-bond donors (Lipinski definition) is 1. The van der Waals surface area contributed by atoms with Gasteiger partial charge in [0.2, 0.25) is 5.88 Å². The van der Waals surface area contributed by atoms with E-state index in [1.807, 2.05) is 0 Å². The van der Waals surface area contributed by atoms with E-state index < -0.39 is 0 Å². The number of hydrogen-bond acceptors (Lipinski definition) is 4. The molecule has 0 atom stereocenters. The molecule has 0 saturated carbocycles. The van der Waals surface area contributed by atoms with E-state index in [0.29, 0.717) is 17.3 Å². The summed E-state index contributed by atoms with van der Waals surface area (Å²) >= 11 is 3.94. The van der Waals surface area contributed by atoms with Crippen LogP contribution in [0.15, 0.2) is 12.1 Å². The van der Waals surface area contributed by atoms with Crippen molar-refractivity contribution in [2.24, 2.45) is 0 Å². The van der Waals surface area contributed by atoms with E-state index in [2.05, 4.69) is 34.7 Å². The highest BCUT2D eigenvalue weighted by molar-refractivity contribution is 7.80. The molecule has 62 valence electrons. The summed E-state index contributed by atoms with van der Waals surface area (Å²) in [7, 11) is 1.54. The third-order valence-electron chi connectivity index (χ3n) is 1.14. The first-order valence-corrected chi connectivity index (χ1v) is 3.97. The van der Waals surface area contributed by atoms with Crippen LogP contribution < -0.4 is 4.74 Å². The third-order valence-corrected chi connectivity index (χ3v) is 1.30. The molecule has 0 saturated heterocycles. The standard InChI is InChI=1S/C8H8N2OS/c1-11-8-5-4-7(9-10-8)3-2-6-12/h4-5,12H,6H2,1H3. The lowest BCUT2D eigenvalue weighted by atomic mass is 10.4. The molecule has 0 N–H and O–H groups in total. The third kappa shape index (κ3) is 2.44. The fraction of sp³-hybridized carbons (Fsp3) is 0.250. The van der Waals surface area contributed by atoms with Crippen molar-refractivity contribution in [1.29, 1.82) is 0 Å². The molecule has 0 aliphatic heterocycles. The highest BCUT2D eigenvalue weighted by Crippen LogP contribution is 2.01. The molecule has 1 rings (SSSR count). The van der Waals surface area contributed by atoms with Crippen LogP contribution in [-0.4, -0.2) is 23.1 Å².